The Morgan fingerprint density at radius 1 is 1.46 bits per heavy atom. The monoisotopic (exact) mass is 179 g/mol. The highest BCUT2D eigenvalue weighted by Crippen LogP contribution is 2.17. The van der Waals surface area contributed by atoms with Gasteiger partial charge in [0, 0.05) is 24.4 Å². The zero-order chi connectivity index (χ0) is 9.68. The number of hydrogen-bond acceptors (Lipinski definition) is 2. The van der Waals surface area contributed by atoms with Crippen LogP contribution >= 0.6 is 0 Å². The first-order valence-electron chi connectivity index (χ1n) is 4.79. The lowest BCUT2D eigenvalue weighted by Crippen LogP contribution is -2.08. The first kappa shape index (κ1) is 10.2. The highest BCUT2D eigenvalue weighted by molar-refractivity contribution is 5.66. The molecule has 1 atom stereocenters. The Bertz CT molecular complexity index is 234. The zero-order valence-corrected chi connectivity index (χ0v) is 8.16. The third kappa shape index (κ3) is 4.04. The van der Waals surface area contributed by atoms with Crippen LogP contribution in [0.15, 0.2) is 28.9 Å². The zero-order valence-electron chi connectivity index (χ0n) is 8.16. The highest BCUT2D eigenvalue weighted by Gasteiger charge is 2.09. The van der Waals surface area contributed by atoms with Crippen LogP contribution in [0.1, 0.15) is 32.6 Å². The molecule has 1 aliphatic carbocycles. The van der Waals surface area contributed by atoms with E-state index >= 15 is 0 Å². The van der Waals surface area contributed by atoms with Crippen molar-refractivity contribution in [2.75, 3.05) is 0 Å². The average Bonchev–Trinajstić information content (AvgIpc) is 2.90. The number of hydrogen-bond donors (Lipinski definition) is 1. The van der Waals surface area contributed by atoms with Gasteiger partial charge in [0.1, 0.15) is 0 Å². The van der Waals surface area contributed by atoms with Crippen LogP contribution in [0.5, 0.6) is 0 Å². The van der Waals surface area contributed by atoms with E-state index < -0.39 is 6.10 Å². The van der Waals surface area contributed by atoms with Crippen LogP contribution in [-0.4, -0.2) is 17.4 Å². The number of aliphatic hydroxyl groups is 1. The smallest absolute Gasteiger partial charge is 0.0779 e. The van der Waals surface area contributed by atoms with Gasteiger partial charge < -0.3 is 5.11 Å². The van der Waals surface area contributed by atoms with E-state index in [2.05, 4.69) is 11.6 Å². The SMILES string of the molecule is C1CC1.C=C1CC=NC=C1C(C)O. The van der Waals surface area contributed by atoms with Crippen LogP contribution in [-0.2, 0) is 0 Å². The van der Waals surface area contributed by atoms with E-state index in [1.165, 1.54) is 19.3 Å². The van der Waals surface area contributed by atoms with Crippen LogP contribution in [0, 0.1) is 0 Å². The standard InChI is InChI=1S/C8H11NO.C3H6/c1-6-3-4-9-5-8(6)7(2)10;1-2-3-1/h4-5,7,10H,1,3H2,2H3;1-3H2. The minimum atomic E-state index is -0.440. The maximum atomic E-state index is 9.14. The van der Waals surface area contributed by atoms with E-state index in [4.69, 9.17) is 5.11 Å². The van der Waals surface area contributed by atoms with Gasteiger partial charge in [0.25, 0.3) is 0 Å². The Morgan fingerprint density at radius 2 is 2.08 bits per heavy atom. The largest absolute Gasteiger partial charge is 0.389 e. The summed E-state index contributed by atoms with van der Waals surface area (Å²) >= 11 is 0. The van der Waals surface area contributed by atoms with E-state index in [-0.39, 0.29) is 0 Å². The maximum Gasteiger partial charge on any atom is 0.0779 e. The minimum absolute atomic E-state index is 0.440. The lowest BCUT2D eigenvalue weighted by Gasteiger charge is -2.13. The predicted molar refractivity (Wildman–Crippen MR) is 55.9 cm³/mol. The third-order valence-electron chi connectivity index (χ3n) is 1.87. The molecule has 13 heavy (non-hydrogen) atoms. The van der Waals surface area contributed by atoms with E-state index in [0.717, 1.165) is 17.6 Å². The molecule has 0 radical (unpaired) electrons. The molecule has 0 bridgehead atoms. The Balaban J connectivity index is 0.000000236. The fourth-order valence-corrected chi connectivity index (χ4v) is 0.908. The minimum Gasteiger partial charge on any atom is -0.389 e. The molecule has 2 rings (SSSR count). The quantitative estimate of drug-likeness (QED) is 0.659. The average molecular weight is 179 g/mol. The maximum absolute atomic E-state index is 9.14. The number of aliphatic hydroxyl groups excluding tert-OH is 1. The molecule has 0 aromatic rings. The van der Waals surface area contributed by atoms with Gasteiger partial charge in [-0.3, -0.25) is 4.99 Å². The second-order valence-corrected chi connectivity index (χ2v) is 3.46. The van der Waals surface area contributed by atoms with Crippen LogP contribution in [0.25, 0.3) is 0 Å². The predicted octanol–water partition coefficient (Wildman–Crippen LogP) is 2.45. The number of aliphatic imine (C=N–C) groups is 1. The summed E-state index contributed by atoms with van der Waals surface area (Å²) in [5, 5.41) is 9.14. The molecule has 0 aromatic carbocycles. The molecular weight excluding hydrogens is 162 g/mol. The molecule has 2 nitrogen and oxygen atoms in total. The first-order chi connectivity index (χ1) is 6.22. The van der Waals surface area contributed by atoms with Gasteiger partial charge in [-0.1, -0.05) is 25.8 Å². The van der Waals surface area contributed by atoms with E-state index in [1.807, 2.05) is 0 Å². The Morgan fingerprint density at radius 3 is 2.38 bits per heavy atom. The topological polar surface area (TPSA) is 32.6 Å². The van der Waals surface area contributed by atoms with Gasteiger partial charge >= 0.3 is 0 Å². The van der Waals surface area contributed by atoms with Crippen molar-refractivity contribution in [3.8, 4) is 0 Å². The molecule has 1 saturated carbocycles. The van der Waals surface area contributed by atoms with Gasteiger partial charge in [-0.15, -0.1) is 0 Å². The van der Waals surface area contributed by atoms with Crippen LogP contribution in [0.2, 0.25) is 0 Å². The molecule has 0 spiro atoms. The second kappa shape index (κ2) is 4.97. The van der Waals surface area contributed by atoms with Gasteiger partial charge in [-0.25, -0.2) is 0 Å². The lowest BCUT2D eigenvalue weighted by atomic mass is 10.0. The van der Waals surface area contributed by atoms with Gasteiger partial charge in [0.2, 0.25) is 0 Å². The summed E-state index contributed by atoms with van der Waals surface area (Å²) in [6.07, 6.45) is 8.27. The van der Waals surface area contributed by atoms with Crippen molar-refractivity contribution in [2.45, 2.75) is 38.7 Å². The molecule has 1 unspecified atom stereocenters. The summed E-state index contributed by atoms with van der Waals surface area (Å²) in [6, 6.07) is 0. The molecular formula is C11H17NO. The molecule has 1 fully saturated rings. The van der Waals surface area contributed by atoms with Crippen LogP contribution < -0.4 is 0 Å². The Hall–Kier alpha value is -0.890. The third-order valence-corrected chi connectivity index (χ3v) is 1.87. The van der Waals surface area contributed by atoms with Gasteiger partial charge in [-0.2, -0.15) is 0 Å². The summed E-state index contributed by atoms with van der Waals surface area (Å²) in [6.45, 7) is 5.52. The van der Waals surface area contributed by atoms with Crippen molar-refractivity contribution in [1.29, 1.82) is 0 Å². The highest BCUT2D eigenvalue weighted by atomic mass is 16.3. The fraction of sp³-hybridized carbons (Fsp3) is 0.545. The van der Waals surface area contributed by atoms with Gasteiger partial charge in [-0.05, 0) is 12.5 Å². The Labute approximate surface area is 79.7 Å². The fourth-order valence-electron chi connectivity index (χ4n) is 0.908. The number of rotatable bonds is 1. The summed E-state index contributed by atoms with van der Waals surface area (Å²) in [4.78, 5) is 3.92. The van der Waals surface area contributed by atoms with E-state index in [0.29, 0.717) is 0 Å². The molecule has 0 aromatic heterocycles. The van der Waals surface area contributed by atoms with Gasteiger partial charge in [0.05, 0.1) is 6.10 Å². The molecule has 72 valence electrons. The van der Waals surface area contributed by atoms with E-state index in [9.17, 15) is 0 Å². The molecule has 0 saturated heterocycles. The molecule has 1 N–H and O–H groups in total. The molecule has 1 heterocycles. The summed E-state index contributed by atoms with van der Waals surface area (Å²) < 4.78 is 0. The van der Waals surface area contributed by atoms with Crippen LogP contribution in [0.3, 0.4) is 0 Å². The first-order valence-corrected chi connectivity index (χ1v) is 4.79. The Kier molecular flexibility index (Phi) is 3.90. The summed E-state index contributed by atoms with van der Waals surface area (Å²) in [7, 11) is 0. The van der Waals surface area contributed by atoms with E-state index in [1.54, 1.807) is 19.3 Å². The van der Waals surface area contributed by atoms with Crippen molar-refractivity contribution < 1.29 is 5.11 Å². The van der Waals surface area contributed by atoms with Crippen molar-refractivity contribution in [3.05, 3.63) is 23.9 Å². The molecule has 1 aliphatic heterocycles. The van der Waals surface area contributed by atoms with Crippen molar-refractivity contribution in [1.82, 2.24) is 0 Å². The van der Waals surface area contributed by atoms with Crippen molar-refractivity contribution in [3.63, 3.8) is 0 Å². The summed E-state index contributed by atoms with van der Waals surface area (Å²) in [5.74, 6) is 0. The second-order valence-electron chi connectivity index (χ2n) is 3.46. The van der Waals surface area contributed by atoms with Crippen LogP contribution in [0.4, 0.5) is 0 Å². The molecule has 2 heteroatoms. The number of nitrogens with zero attached hydrogens (tertiary/aromatic N) is 1. The molecule has 2 aliphatic rings. The molecule has 0 amide bonds. The lowest BCUT2D eigenvalue weighted by molar-refractivity contribution is 0.233. The van der Waals surface area contributed by atoms with Crippen molar-refractivity contribution >= 4 is 6.21 Å². The van der Waals surface area contributed by atoms with Gasteiger partial charge in [0.15, 0.2) is 0 Å². The van der Waals surface area contributed by atoms with Crippen molar-refractivity contribution in [2.24, 2.45) is 4.99 Å². The normalized spacial score (nSPS) is 21.4. The summed E-state index contributed by atoms with van der Waals surface area (Å²) in [5.41, 5.74) is 1.81.